The lowest BCUT2D eigenvalue weighted by atomic mass is 10.1. The summed E-state index contributed by atoms with van der Waals surface area (Å²) in [4.78, 5) is 41.1. The van der Waals surface area contributed by atoms with Gasteiger partial charge in [-0.3, -0.25) is 4.79 Å². The van der Waals surface area contributed by atoms with Crippen molar-refractivity contribution < 1.29 is 19.1 Å². The van der Waals surface area contributed by atoms with Gasteiger partial charge in [0, 0.05) is 12.1 Å². The minimum absolute atomic E-state index is 0.106. The van der Waals surface area contributed by atoms with Crippen LogP contribution in [0.4, 0.5) is 5.69 Å². The fraction of sp³-hybridized carbons (Fsp3) is 0.231. The molecule has 0 fully saturated rings. The van der Waals surface area contributed by atoms with Gasteiger partial charge in [0.25, 0.3) is 0 Å². The van der Waals surface area contributed by atoms with Crippen molar-refractivity contribution in [2.45, 2.75) is 27.0 Å². The van der Waals surface area contributed by atoms with Gasteiger partial charge in [0.05, 0.1) is 30.5 Å². The molecule has 2 aromatic heterocycles. The van der Waals surface area contributed by atoms with Gasteiger partial charge in [0.2, 0.25) is 0 Å². The molecule has 0 saturated heterocycles. The number of methoxy groups -OCH3 is 1. The summed E-state index contributed by atoms with van der Waals surface area (Å²) >= 11 is 0. The smallest absolute Gasteiger partial charge is 0.346 e. The van der Waals surface area contributed by atoms with Crippen LogP contribution in [0.5, 0.6) is 5.75 Å². The molecule has 1 N–H and O–H groups in total. The molecular weight excluding hydrogens is 448 g/mol. The van der Waals surface area contributed by atoms with Crippen molar-refractivity contribution in [2.24, 2.45) is 0 Å². The highest BCUT2D eigenvalue weighted by Crippen LogP contribution is 2.28. The molecule has 4 aromatic rings. The van der Waals surface area contributed by atoms with Crippen molar-refractivity contribution in [3.8, 4) is 5.75 Å². The zero-order chi connectivity index (χ0) is 24.8. The van der Waals surface area contributed by atoms with E-state index in [1.807, 2.05) is 54.6 Å². The van der Waals surface area contributed by atoms with Gasteiger partial charge in [0.1, 0.15) is 18.7 Å². The van der Waals surface area contributed by atoms with Crippen LogP contribution < -0.4 is 20.5 Å². The molecule has 2 aromatic carbocycles. The van der Waals surface area contributed by atoms with E-state index in [0.717, 1.165) is 15.9 Å². The van der Waals surface area contributed by atoms with E-state index in [4.69, 9.17) is 14.3 Å². The molecule has 0 unspecified atom stereocenters. The third kappa shape index (κ3) is 4.93. The molecule has 0 aliphatic carbocycles. The SMILES string of the molecule is CCOC(=O)c1c(NCc2ccccc2OC)c2c(C)ncnc2n(OCc2ccccc2)c1=O. The number of hydrogen-bond donors (Lipinski definition) is 1. The van der Waals surface area contributed by atoms with Crippen LogP contribution in [0.25, 0.3) is 11.0 Å². The molecule has 4 rings (SSSR count). The van der Waals surface area contributed by atoms with Crippen LogP contribution in [0.1, 0.15) is 34.1 Å². The largest absolute Gasteiger partial charge is 0.496 e. The molecule has 180 valence electrons. The van der Waals surface area contributed by atoms with Gasteiger partial charge >= 0.3 is 11.5 Å². The van der Waals surface area contributed by atoms with Crippen molar-refractivity contribution in [3.63, 3.8) is 0 Å². The van der Waals surface area contributed by atoms with E-state index < -0.39 is 11.5 Å². The standard InChI is InChI=1S/C26H26N4O5/c1-4-34-26(32)22-23(27-14-19-12-8-9-13-20(19)33-3)21-17(2)28-16-29-24(21)30(25(22)31)35-15-18-10-6-5-7-11-18/h5-13,16,27H,4,14-15H2,1-3H3. The Hall–Kier alpha value is -4.40. The summed E-state index contributed by atoms with van der Waals surface area (Å²) in [5.74, 6) is -0.0864. The fourth-order valence-electron chi connectivity index (χ4n) is 3.77. The van der Waals surface area contributed by atoms with Gasteiger partial charge in [-0.2, -0.15) is 0 Å². The summed E-state index contributed by atoms with van der Waals surface area (Å²) < 4.78 is 11.7. The molecule has 9 nitrogen and oxygen atoms in total. The first-order valence-electron chi connectivity index (χ1n) is 11.2. The van der Waals surface area contributed by atoms with E-state index in [2.05, 4.69) is 15.3 Å². The third-order valence-electron chi connectivity index (χ3n) is 5.44. The van der Waals surface area contributed by atoms with Gasteiger partial charge in [-0.1, -0.05) is 48.5 Å². The Bertz CT molecular complexity index is 1400. The maximum atomic E-state index is 13.6. The lowest BCUT2D eigenvalue weighted by Crippen LogP contribution is -2.34. The topological polar surface area (TPSA) is 105 Å². The summed E-state index contributed by atoms with van der Waals surface area (Å²) in [6, 6.07) is 16.9. The summed E-state index contributed by atoms with van der Waals surface area (Å²) in [6.45, 7) is 3.96. The number of aromatic nitrogens is 3. The zero-order valence-corrected chi connectivity index (χ0v) is 19.8. The summed E-state index contributed by atoms with van der Waals surface area (Å²) in [7, 11) is 1.58. The van der Waals surface area contributed by atoms with Crippen LogP contribution >= 0.6 is 0 Å². The maximum absolute atomic E-state index is 13.6. The predicted octanol–water partition coefficient (Wildman–Crippen LogP) is 3.53. The minimum Gasteiger partial charge on any atom is -0.496 e. The normalized spacial score (nSPS) is 10.7. The van der Waals surface area contributed by atoms with Gasteiger partial charge in [-0.25, -0.2) is 14.8 Å². The summed E-state index contributed by atoms with van der Waals surface area (Å²) in [5.41, 5.74) is 1.94. The van der Waals surface area contributed by atoms with Crippen LogP contribution in [0, 0.1) is 6.92 Å². The number of ether oxygens (including phenoxy) is 2. The van der Waals surface area contributed by atoms with Crippen molar-refractivity contribution in [3.05, 3.63) is 93.7 Å². The average Bonchev–Trinajstić information content (AvgIpc) is 2.87. The number of benzene rings is 2. The maximum Gasteiger partial charge on any atom is 0.346 e. The van der Waals surface area contributed by atoms with Crippen LogP contribution in [-0.2, 0) is 17.9 Å². The van der Waals surface area contributed by atoms with E-state index in [-0.39, 0.29) is 36.7 Å². The number of anilines is 1. The second kappa shape index (κ2) is 10.7. The molecule has 2 heterocycles. The first-order valence-corrected chi connectivity index (χ1v) is 11.2. The van der Waals surface area contributed by atoms with Crippen molar-refractivity contribution in [1.29, 1.82) is 0 Å². The second-order valence-corrected chi connectivity index (χ2v) is 7.65. The molecule has 35 heavy (non-hydrogen) atoms. The lowest BCUT2D eigenvalue weighted by Gasteiger charge is -2.19. The zero-order valence-electron chi connectivity index (χ0n) is 19.8. The average molecular weight is 475 g/mol. The molecule has 9 heteroatoms. The quantitative estimate of drug-likeness (QED) is 0.368. The predicted molar refractivity (Wildman–Crippen MR) is 132 cm³/mol. The van der Waals surface area contributed by atoms with Gasteiger partial charge < -0.3 is 19.6 Å². The molecule has 0 bridgehead atoms. The molecular formula is C26H26N4O5. The molecule has 0 spiro atoms. The highest BCUT2D eigenvalue weighted by Gasteiger charge is 2.26. The monoisotopic (exact) mass is 474 g/mol. The molecule has 0 amide bonds. The minimum atomic E-state index is -0.762. The lowest BCUT2D eigenvalue weighted by molar-refractivity contribution is 0.0513. The Morgan fingerprint density at radius 2 is 1.80 bits per heavy atom. The molecule has 0 atom stereocenters. The Balaban J connectivity index is 1.86. The van der Waals surface area contributed by atoms with Crippen LogP contribution in [0.2, 0.25) is 0 Å². The van der Waals surface area contributed by atoms with E-state index >= 15 is 0 Å². The number of nitrogens with zero attached hydrogens (tertiary/aromatic N) is 3. The number of para-hydroxylation sites is 1. The number of hydrogen-bond acceptors (Lipinski definition) is 8. The Labute approximate surface area is 202 Å². The number of carbonyl (C=O) groups excluding carboxylic acids is 1. The number of esters is 1. The van der Waals surface area contributed by atoms with E-state index in [1.54, 1.807) is 21.0 Å². The van der Waals surface area contributed by atoms with Gasteiger partial charge in [-0.15, -0.1) is 4.73 Å². The van der Waals surface area contributed by atoms with Gasteiger partial charge in [-0.05, 0) is 25.5 Å². The Kier molecular flexibility index (Phi) is 7.25. The number of aryl methyl sites for hydroxylation is 1. The molecule has 0 radical (unpaired) electrons. The van der Waals surface area contributed by atoms with E-state index in [9.17, 15) is 9.59 Å². The molecule has 0 aliphatic heterocycles. The van der Waals surface area contributed by atoms with Crippen molar-refractivity contribution in [1.82, 2.24) is 14.7 Å². The number of fused-ring (bicyclic) bond motifs is 1. The highest BCUT2D eigenvalue weighted by molar-refractivity contribution is 6.04. The van der Waals surface area contributed by atoms with Crippen LogP contribution in [0.15, 0.2) is 65.7 Å². The highest BCUT2D eigenvalue weighted by atomic mass is 16.7. The number of carbonyl (C=O) groups is 1. The third-order valence-corrected chi connectivity index (χ3v) is 5.44. The van der Waals surface area contributed by atoms with Gasteiger partial charge in [0.15, 0.2) is 11.2 Å². The van der Waals surface area contributed by atoms with E-state index in [0.29, 0.717) is 16.8 Å². The van der Waals surface area contributed by atoms with Crippen molar-refractivity contribution in [2.75, 3.05) is 19.0 Å². The van der Waals surface area contributed by atoms with Crippen LogP contribution in [0.3, 0.4) is 0 Å². The number of pyridine rings is 1. The fourth-order valence-corrected chi connectivity index (χ4v) is 3.77. The van der Waals surface area contributed by atoms with E-state index in [1.165, 1.54) is 6.33 Å². The number of nitrogens with one attached hydrogen (secondary N) is 1. The number of rotatable bonds is 9. The van der Waals surface area contributed by atoms with Crippen molar-refractivity contribution >= 4 is 22.7 Å². The Morgan fingerprint density at radius 1 is 1.06 bits per heavy atom. The summed E-state index contributed by atoms with van der Waals surface area (Å²) in [5, 5.41) is 3.72. The first kappa shape index (κ1) is 23.7. The summed E-state index contributed by atoms with van der Waals surface area (Å²) in [6.07, 6.45) is 1.35. The molecule has 0 aliphatic rings. The first-order chi connectivity index (χ1) is 17.0. The molecule has 0 saturated carbocycles. The second-order valence-electron chi connectivity index (χ2n) is 7.65. The Morgan fingerprint density at radius 3 is 2.54 bits per heavy atom. The van der Waals surface area contributed by atoms with Crippen LogP contribution in [-0.4, -0.2) is 34.4 Å².